The van der Waals surface area contributed by atoms with Crippen LogP contribution in [0.25, 0.3) is 0 Å². The first-order valence-corrected chi connectivity index (χ1v) is 6.01. The minimum Gasteiger partial charge on any atom is -0.480 e. The molecule has 0 heterocycles. The molecular formula is C11H20ClNO2. The molecule has 0 aromatic heterocycles. The first-order valence-electron chi connectivity index (χ1n) is 5.57. The van der Waals surface area contributed by atoms with Gasteiger partial charge < -0.3 is 10.0 Å². The fourth-order valence-electron chi connectivity index (χ4n) is 2.28. The van der Waals surface area contributed by atoms with E-state index in [1.807, 2.05) is 7.05 Å². The molecule has 0 spiro atoms. The molecule has 88 valence electrons. The molecule has 0 aromatic carbocycles. The van der Waals surface area contributed by atoms with Crippen LogP contribution in [0.4, 0.5) is 0 Å². The first kappa shape index (κ1) is 12.8. The number of carbonyl (C=O) groups is 1. The molecule has 1 rings (SSSR count). The van der Waals surface area contributed by atoms with Crippen molar-refractivity contribution in [3.05, 3.63) is 0 Å². The van der Waals surface area contributed by atoms with E-state index in [1.165, 1.54) is 25.7 Å². The van der Waals surface area contributed by atoms with Gasteiger partial charge in [-0.1, -0.05) is 19.8 Å². The third-order valence-corrected chi connectivity index (χ3v) is 3.57. The number of hydrogen-bond acceptors (Lipinski definition) is 2. The van der Waals surface area contributed by atoms with Gasteiger partial charge in [-0.15, -0.1) is 11.6 Å². The number of carboxylic acid groups (broad SMARTS) is 1. The van der Waals surface area contributed by atoms with E-state index in [1.54, 1.807) is 0 Å². The highest BCUT2D eigenvalue weighted by atomic mass is 35.5. The first-order chi connectivity index (χ1) is 7.00. The number of rotatable bonds is 4. The predicted molar refractivity (Wildman–Crippen MR) is 61.3 cm³/mol. The van der Waals surface area contributed by atoms with Crippen molar-refractivity contribution in [2.24, 2.45) is 5.92 Å². The van der Waals surface area contributed by atoms with Crippen LogP contribution < -0.4 is 0 Å². The fraction of sp³-hybridized carbons (Fsp3) is 0.909. The van der Waals surface area contributed by atoms with Gasteiger partial charge in [0.2, 0.25) is 0 Å². The highest BCUT2D eigenvalue weighted by Crippen LogP contribution is 2.26. The lowest BCUT2D eigenvalue weighted by Gasteiger charge is -2.34. The minimum atomic E-state index is -0.924. The summed E-state index contributed by atoms with van der Waals surface area (Å²) in [7, 11) is 1.97. The van der Waals surface area contributed by atoms with Gasteiger partial charge in [-0.2, -0.15) is 0 Å². The summed E-state index contributed by atoms with van der Waals surface area (Å²) in [6.07, 6.45) is 4.88. The maximum Gasteiger partial charge on any atom is 0.322 e. The second-order valence-corrected chi connectivity index (χ2v) is 5.20. The lowest BCUT2D eigenvalue weighted by molar-refractivity contribution is -0.137. The summed E-state index contributed by atoms with van der Waals surface area (Å²) in [6, 6.07) is 0.509. The van der Waals surface area contributed by atoms with E-state index >= 15 is 0 Å². The van der Waals surface area contributed by atoms with Crippen LogP contribution in [0.3, 0.4) is 0 Å². The summed E-state index contributed by atoms with van der Waals surface area (Å²) < 4.78 is 0. The molecule has 0 aliphatic heterocycles. The molecule has 1 aliphatic rings. The Hall–Kier alpha value is -0.280. The topological polar surface area (TPSA) is 40.5 Å². The zero-order valence-corrected chi connectivity index (χ0v) is 10.2. The Morgan fingerprint density at radius 1 is 1.60 bits per heavy atom. The second-order valence-electron chi connectivity index (χ2n) is 4.67. The van der Waals surface area contributed by atoms with Crippen molar-refractivity contribution in [1.29, 1.82) is 0 Å². The fourth-order valence-corrected chi connectivity index (χ4v) is 2.50. The third-order valence-electron chi connectivity index (χ3n) is 3.25. The minimum absolute atomic E-state index is 0.439. The van der Waals surface area contributed by atoms with E-state index in [-0.39, 0.29) is 0 Å². The Morgan fingerprint density at radius 2 is 2.27 bits per heavy atom. The SMILES string of the molecule is CC1CCCC(N(C)CC(Cl)C(=O)O)C1. The molecule has 3 nitrogen and oxygen atoms in total. The van der Waals surface area contributed by atoms with Crippen molar-refractivity contribution < 1.29 is 9.90 Å². The van der Waals surface area contributed by atoms with Crippen LogP contribution in [-0.2, 0) is 4.79 Å². The lowest BCUT2D eigenvalue weighted by Crippen LogP contribution is -2.40. The lowest BCUT2D eigenvalue weighted by atomic mass is 9.86. The molecule has 4 heteroatoms. The molecule has 0 radical (unpaired) electrons. The predicted octanol–water partition coefficient (Wildman–Crippen LogP) is 2.19. The average Bonchev–Trinajstić information content (AvgIpc) is 2.17. The van der Waals surface area contributed by atoms with Gasteiger partial charge in [0, 0.05) is 12.6 Å². The van der Waals surface area contributed by atoms with E-state index in [2.05, 4.69) is 11.8 Å². The quantitative estimate of drug-likeness (QED) is 0.757. The van der Waals surface area contributed by atoms with Crippen LogP contribution in [-0.4, -0.2) is 41.0 Å². The summed E-state index contributed by atoms with van der Waals surface area (Å²) in [5.74, 6) is -0.169. The van der Waals surface area contributed by atoms with Crippen molar-refractivity contribution in [2.45, 2.75) is 44.0 Å². The zero-order chi connectivity index (χ0) is 11.4. The van der Waals surface area contributed by atoms with E-state index in [4.69, 9.17) is 16.7 Å². The van der Waals surface area contributed by atoms with Crippen LogP contribution in [0.5, 0.6) is 0 Å². The summed E-state index contributed by atoms with van der Waals surface area (Å²) in [4.78, 5) is 12.7. The largest absolute Gasteiger partial charge is 0.480 e. The maximum absolute atomic E-state index is 10.6. The van der Waals surface area contributed by atoms with Crippen molar-refractivity contribution in [3.8, 4) is 0 Å². The van der Waals surface area contributed by atoms with Gasteiger partial charge in [-0.3, -0.25) is 4.79 Å². The molecule has 15 heavy (non-hydrogen) atoms. The Labute approximate surface area is 96.4 Å². The van der Waals surface area contributed by atoms with E-state index < -0.39 is 11.3 Å². The number of hydrogen-bond donors (Lipinski definition) is 1. The highest BCUT2D eigenvalue weighted by Gasteiger charge is 2.25. The van der Waals surface area contributed by atoms with Gasteiger partial charge in [0.05, 0.1) is 0 Å². The number of aliphatic carboxylic acids is 1. The van der Waals surface area contributed by atoms with E-state index in [0.717, 1.165) is 5.92 Å². The number of alkyl halides is 1. The molecule has 1 aliphatic carbocycles. The summed E-state index contributed by atoms with van der Waals surface area (Å²) in [5.41, 5.74) is 0. The summed E-state index contributed by atoms with van der Waals surface area (Å²) in [5, 5.41) is 7.94. The molecule has 3 atom stereocenters. The Kier molecular flexibility index (Phi) is 4.87. The number of nitrogens with zero attached hydrogens (tertiary/aromatic N) is 1. The Bertz CT molecular complexity index is 223. The van der Waals surface area contributed by atoms with Gasteiger partial charge in [0.15, 0.2) is 0 Å². The van der Waals surface area contributed by atoms with Crippen molar-refractivity contribution in [2.75, 3.05) is 13.6 Å². The summed E-state index contributed by atoms with van der Waals surface area (Å²) in [6.45, 7) is 2.70. The van der Waals surface area contributed by atoms with Crippen LogP contribution >= 0.6 is 11.6 Å². The van der Waals surface area contributed by atoms with E-state index in [0.29, 0.717) is 12.6 Å². The van der Waals surface area contributed by atoms with Crippen molar-refractivity contribution in [3.63, 3.8) is 0 Å². The van der Waals surface area contributed by atoms with Gasteiger partial charge in [0.25, 0.3) is 0 Å². The molecule has 0 aromatic rings. The molecule has 0 bridgehead atoms. The molecule has 1 saturated carbocycles. The van der Waals surface area contributed by atoms with Crippen LogP contribution in [0.2, 0.25) is 0 Å². The van der Waals surface area contributed by atoms with Crippen LogP contribution in [0.15, 0.2) is 0 Å². The van der Waals surface area contributed by atoms with Gasteiger partial charge in [-0.25, -0.2) is 0 Å². The number of halogens is 1. The molecule has 0 saturated heterocycles. The van der Waals surface area contributed by atoms with Gasteiger partial charge in [-0.05, 0) is 25.8 Å². The second kappa shape index (κ2) is 5.71. The normalized spacial score (nSPS) is 29.1. The van der Waals surface area contributed by atoms with Gasteiger partial charge >= 0.3 is 5.97 Å². The Morgan fingerprint density at radius 3 is 2.80 bits per heavy atom. The van der Waals surface area contributed by atoms with Crippen molar-refractivity contribution >= 4 is 17.6 Å². The molecule has 1 fully saturated rings. The number of carboxylic acids is 1. The monoisotopic (exact) mass is 233 g/mol. The Balaban J connectivity index is 2.38. The van der Waals surface area contributed by atoms with E-state index in [9.17, 15) is 4.79 Å². The molecule has 1 N–H and O–H groups in total. The smallest absolute Gasteiger partial charge is 0.322 e. The maximum atomic E-state index is 10.6. The average molecular weight is 234 g/mol. The molecule has 0 amide bonds. The summed E-state index contributed by atoms with van der Waals surface area (Å²) >= 11 is 5.72. The molecule has 3 unspecified atom stereocenters. The van der Waals surface area contributed by atoms with Crippen molar-refractivity contribution in [1.82, 2.24) is 4.90 Å². The molecular weight excluding hydrogens is 214 g/mol. The van der Waals surface area contributed by atoms with Crippen LogP contribution in [0.1, 0.15) is 32.6 Å². The standard InChI is InChI=1S/C11H20ClNO2/c1-8-4-3-5-9(6-8)13(2)7-10(12)11(14)15/h8-10H,3-7H2,1-2H3,(H,14,15). The van der Waals surface area contributed by atoms with Gasteiger partial charge in [0.1, 0.15) is 5.38 Å². The highest BCUT2D eigenvalue weighted by molar-refractivity contribution is 6.29. The van der Waals surface area contributed by atoms with Crippen LogP contribution in [0, 0.1) is 5.92 Å². The zero-order valence-electron chi connectivity index (χ0n) is 9.45. The third kappa shape index (κ3) is 3.99.